The van der Waals surface area contributed by atoms with Crippen LogP contribution in [0.15, 0.2) is 12.1 Å². The van der Waals surface area contributed by atoms with Gasteiger partial charge in [-0.2, -0.15) is 0 Å². The molecule has 1 rings (SSSR count). The Morgan fingerprint density at radius 1 is 1.24 bits per heavy atom. The number of rotatable bonds is 5. The van der Waals surface area contributed by atoms with Gasteiger partial charge in [0.1, 0.15) is 0 Å². The van der Waals surface area contributed by atoms with Crippen molar-refractivity contribution in [3.8, 4) is 0 Å². The zero-order chi connectivity index (χ0) is 16.2. The lowest BCUT2D eigenvalue weighted by Gasteiger charge is -2.20. The number of carbonyl (C=O) groups is 1. The summed E-state index contributed by atoms with van der Waals surface area (Å²) in [6, 6.07) is 3.13. The molecule has 1 amide bonds. The van der Waals surface area contributed by atoms with E-state index in [0.717, 1.165) is 0 Å². The van der Waals surface area contributed by atoms with E-state index in [1.165, 1.54) is 6.07 Å². The minimum atomic E-state index is -0.415. The van der Waals surface area contributed by atoms with Crippen LogP contribution in [0.3, 0.4) is 0 Å². The van der Waals surface area contributed by atoms with Crippen molar-refractivity contribution in [3.05, 3.63) is 33.4 Å². The van der Waals surface area contributed by atoms with E-state index in [2.05, 4.69) is 10.6 Å². The fourth-order valence-corrected chi connectivity index (χ4v) is 1.90. The standard InChI is InChI=1S/C15H23N3O3/c1-10-9-13(18(20)21)11(2)8-12(10)17-14(19)6-7-16-15(3,4)5/h8-9,16H,6-7H2,1-5H3,(H,17,19). The van der Waals surface area contributed by atoms with Gasteiger partial charge in [-0.1, -0.05) is 0 Å². The number of nitro groups is 1. The van der Waals surface area contributed by atoms with Crippen molar-refractivity contribution in [3.63, 3.8) is 0 Å². The predicted octanol–water partition coefficient (Wildman–Crippen LogP) is 2.93. The highest BCUT2D eigenvalue weighted by Gasteiger charge is 2.15. The van der Waals surface area contributed by atoms with Gasteiger partial charge in [0.05, 0.1) is 4.92 Å². The van der Waals surface area contributed by atoms with Crippen LogP contribution in [0.2, 0.25) is 0 Å². The van der Waals surface area contributed by atoms with Gasteiger partial charge in [-0.25, -0.2) is 0 Å². The fraction of sp³-hybridized carbons (Fsp3) is 0.533. The second kappa shape index (κ2) is 6.67. The van der Waals surface area contributed by atoms with Crippen LogP contribution in [-0.4, -0.2) is 22.9 Å². The van der Waals surface area contributed by atoms with E-state index in [9.17, 15) is 14.9 Å². The SMILES string of the molecule is Cc1cc([N+](=O)[O-])c(C)cc1NC(=O)CCNC(C)(C)C. The number of benzene rings is 1. The van der Waals surface area contributed by atoms with Gasteiger partial charge in [-0.05, 0) is 46.2 Å². The molecule has 6 heteroatoms. The molecule has 0 radical (unpaired) electrons. The Balaban J connectivity index is 2.69. The van der Waals surface area contributed by atoms with Gasteiger partial charge >= 0.3 is 0 Å². The van der Waals surface area contributed by atoms with E-state index < -0.39 is 4.92 Å². The van der Waals surface area contributed by atoms with E-state index in [0.29, 0.717) is 29.8 Å². The Hall–Kier alpha value is -1.95. The largest absolute Gasteiger partial charge is 0.326 e. The van der Waals surface area contributed by atoms with Crippen molar-refractivity contribution in [2.45, 2.75) is 46.6 Å². The van der Waals surface area contributed by atoms with Crippen molar-refractivity contribution in [2.75, 3.05) is 11.9 Å². The second-order valence-corrected chi connectivity index (χ2v) is 6.19. The highest BCUT2D eigenvalue weighted by atomic mass is 16.6. The number of hydrogen-bond acceptors (Lipinski definition) is 4. The van der Waals surface area contributed by atoms with Crippen molar-refractivity contribution in [1.82, 2.24) is 5.32 Å². The summed E-state index contributed by atoms with van der Waals surface area (Å²) < 4.78 is 0. The summed E-state index contributed by atoms with van der Waals surface area (Å²) in [4.78, 5) is 22.3. The lowest BCUT2D eigenvalue weighted by atomic mass is 10.1. The first-order valence-electron chi connectivity index (χ1n) is 6.90. The number of nitrogens with one attached hydrogen (secondary N) is 2. The lowest BCUT2D eigenvalue weighted by Crippen LogP contribution is -2.37. The number of hydrogen-bond donors (Lipinski definition) is 2. The van der Waals surface area contributed by atoms with Crippen LogP contribution >= 0.6 is 0 Å². The molecule has 0 bridgehead atoms. The number of amides is 1. The summed E-state index contributed by atoms with van der Waals surface area (Å²) in [6.45, 7) is 10.1. The van der Waals surface area contributed by atoms with Gasteiger partial charge in [0.2, 0.25) is 5.91 Å². The zero-order valence-corrected chi connectivity index (χ0v) is 13.2. The molecule has 2 N–H and O–H groups in total. The Bertz CT molecular complexity index is 548. The molecule has 1 aromatic rings. The molecule has 0 spiro atoms. The third kappa shape index (κ3) is 5.51. The van der Waals surface area contributed by atoms with Gasteiger partial charge in [-0.15, -0.1) is 0 Å². The second-order valence-electron chi connectivity index (χ2n) is 6.19. The molecule has 0 atom stereocenters. The summed E-state index contributed by atoms with van der Waals surface area (Å²) in [5, 5.41) is 16.9. The maximum Gasteiger partial charge on any atom is 0.272 e. The lowest BCUT2D eigenvalue weighted by molar-refractivity contribution is -0.385. The average Bonchev–Trinajstić information content (AvgIpc) is 2.31. The highest BCUT2D eigenvalue weighted by Crippen LogP contribution is 2.25. The van der Waals surface area contributed by atoms with Crippen molar-refractivity contribution >= 4 is 17.3 Å². The Morgan fingerprint density at radius 3 is 2.38 bits per heavy atom. The molecule has 0 saturated heterocycles. The number of anilines is 1. The van der Waals surface area contributed by atoms with E-state index in [1.807, 2.05) is 20.8 Å². The molecule has 0 aliphatic rings. The molecule has 0 aliphatic heterocycles. The molecule has 0 fully saturated rings. The van der Waals surface area contributed by atoms with Crippen LogP contribution in [0.5, 0.6) is 0 Å². The van der Waals surface area contributed by atoms with Gasteiger partial charge in [0, 0.05) is 35.8 Å². The smallest absolute Gasteiger partial charge is 0.272 e. The summed E-state index contributed by atoms with van der Waals surface area (Å²) in [5.41, 5.74) is 1.89. The summed E-state index contributed by atoms with van der Waals surface area (Å²) in [7, 11) is 0. The summed E-state index contributed by atoms with van der Waals surface area (Å²) in [5.74, 6) is -0.108. The van der Waals surface area contributed by atoms with E-state index in [-0.39, 0.29) is 17.1 Å². The molecular weight excluding hydrogens is 270 g/mol. The molecule has 0 saturated carbocycles. The Kier molecular flexibility index (Phi) is 5.43. The molecule has 0 unspecified atom stereocenters. The predicted molar refractivity (Wildman–Crippen MR) is 83.6 cm³/mol. The van der Waals surface area contributed by atoms with Crippen molar-refractivity contribution in [1.29, 1.82) is 0 Å². The first-order chi connectivity index (χ1) is 9.60. The van der Waals surface area contributed by atoms with Gasteiger partial charge in [-0.3, -0.25) is 14.9 Å². The van der Waals surface area contributed by atoms with Crippen LogP contribution < -0.4 is 10.6 Å². The van der Waals surface area contributed by atoms with Crippen LogP contribution in [0.1, 0.15) is 38.3 Å². The number of carbonyl (C=O) groups excluding carboxylic acids is 1. The van der Waals surface area contributed by atoms with E-state index in [4.69, 9.17) is 0 Å². The van der Waals surface area contributed by atoms with Crippen molar-refractivity contribution < 1.29 is 9.72 Å². The molecule has 0 aliphatic carbocycles. The number of aryl methyl sites for hydroxylation is 2. The minimum absolute atomic E-state index is 0.0276. The maximum atomic E-state index is 11.9. The van der Waals surface area contributed by atoms with E-state index in [1.54, 1.807) is 19.9 Å². The zero-order valence-electron chi connectivity index (χ0n) is 13.2. The third-order valence-electron chi connectivity index (χ3n) is 3.02. The molecule has 0 heterocycles. The van der Waals surface area contributed by atoms with Crippen LogP contribution in [0.4, 0.5) is 11.4 Å². The summed E-state index contributed by atoms with van der Waals surface area (Å²) in [6.07, 6.45) is 0.354. The van der Waals surface area contributed by atoms with Crippen LogP contribution in [-0.2, 0) is 4.79 Å². The van der Waals surface area contributed by atoms with Gasteiger partial charge in [0.15, 0.2) is 0 Å². The quantitative estimate of drug-likeness (QED) is 0.645. The van der Waals surface area contributed by atoms with Crippen LogP contribution in [0, 0.1) is 24.0 Å². The third-order valence-corrected chi connectivity index (χ3v) is 3.02. The Labute approximate surface area is 125 Å². The van der Waals surface area contributed by atoms with Gasteiger partial charge < -0.3 is 10.6 Å². The number of nitrogens with zero attached hydrogens (tertiary/aromatic N) is 1. The first kappa shape index (κ1) is 17.1. The first-order valence-corrected chi connectivity index (χ1v) is 6.90. The van der Waals surface area contributed by atoms with Gasteiger partial charge in [0.25, 0.3) is 5.69 Å². The molecule has 6 nitrogen and oxygen atoms in total. The fourth-order valence-electron chi connectivity index (χ4n) is 1.90. The maximum absolute atomic E-state index is 11.9. The summed E-state index contributed by atoms with van der Waals surface area (Å²) >= 11 is 0. The van der Waals surface area contributed by atoms with E-state index >= 15 is 0 Å². The minimum Gasteiger partial charge on any atom is -0.326 e. The highest BCUT2D eigenvalue weighted by molar-refractivity contribution is 5.92. The molecule has 116 valence electrons. The van der Waals surface area contributed by atoms with Crippen molar-refractivity contribution in [2.24, 2.45) is 0 Å². The van der Waals surface area contributed by atoms with Crippen LogP contribution in [0.25, 0.3) is 0 Å². The molecule has 0 aromatic heterocycles. The molecule has 21 heavy (non-hydrogen) atoms. The Morgan fingerprint density at radius 2 is 1.86 bits per heavy atom. The number of nitro benzene ring substituents is 1. The molecular formula is C15H23N3O3. The average molecular weight is 293 g/mol. The normalized spacial score (nSPS) is 11.3. The topological polar surface area (TPSA) is 84.3 Å². The monoisotopic (exact) mass is 293 g/mol. The molecule has 1 aromatic carbocycles.